The van der Waals surface area contributed by atoms with Gasteiger partial charge in [-0.3, -0.25) is 24.0 Å². The molecule has 0 fully saturated rings. The molecule has 31 heavy (non-hydrogen) atoms. The minimum atomic E-state index is -0.492. The van der Waals surface area contributed by atoms with E-state index >= 15 is 0 Å². The molecule has 8 nitrogen and oxygen atoms in total. The second-order valence-electron chi connectivity index (χ2n) is 7.63. The Bertz CT molecular complexity index is 1480. The minimum absolute atomic E-state index is 0.204. The summed E-state index contributed by atoms with van der Waals surface area (Å²) in [5.74, 6) is -0.417. The Morgan fingerprint density at radius 1 is 1.10 bits per heavy atom. The van der Waals surface area contributed by atoms with Crippen molar-refractivity contribution in [1.82, 2.24) is 19.1 Å². The molecular weight excluding hydrogens is 414 g/mol. The molecule has 0 radical (unpaired) electrons. The van der Waals surface area contributed by atoms with Crippen molar-refractivity contribution in [1.29, 1.82) is 0 Å². The lowest BCUT2D eigenvalue weighted by Crippen LogP contribution is -2.37. The molecule has 1 amide bonds. The van der Waals surface area contributed by atoms with Gasteiger partial charge in [0.1, 0.15) is 5.65 Å². The standard InChI is InChI=1S/C22H19N5O3S/c1-26-18-16(20(29)27(2)22(26)30)9-15(10-23-18)19(28)25-21-24-17(11-31-21)14-7-6-12-4-3-5-13(12)8-14/h6-11H,3-5H2,1-2H3,(H,24,25,28). The molecule has 0 bridgehead atoms. The number of pyridine rings is 1. The van der Waals surface area contributed by atoms with Gasteiger partial charge >= 0.3 is 5.69 Å². The highest BCUT2D eigenvalue weighted by Crippen LogP contribution is 2.30. The second-order valence-corrected chi connectivity index (χ2v) is 8.49. The van der Waals surface area contributed by atoms with Gasteiger partial charge in [-0.05, 0) is 42.5 Å². The zero-order valence-electron chi connectivity index (χ0n) is 17.0. The van der Waals surface area contributed by atoms with Gasteiger partial charge in [-0.25, -0.2) is 14.8 Å². The van der Waals surface area contributed by atoms with Crippen molar-refractivity contribution >= 4 is 33.4 Å². The lowest BCUT2D eigenvalue weighted by Gasteiger charge is -2.08. The van der Waals surface area contributed by atoms with Crippen LogP contribution in [0.5, 0.6) is 0 Å². The summed E-state index contributed by atoms with van der Waals surface area (Å²) in [6.07, 6.45) is 4.77. The van der Waals surface area contributed by atoms with Gasteiger partial charge in [0.15, 0.2) is 5.13 Å². The van der Waals surface area contributed by atoms with E-state index in [0.29, 0.717) is 5.13 Å². The number of aryl methyl sites for hydroxylation is 3. The number of nitrogens with one attached hydrogen (secondary N) is 1. The summed E-state index contributed by atoms with van der Waals surface area (Å²) in [6, 6.07) is 7.85. The number of benzene rings is 1. The van der Waals surface area contributed by atoms with Crippen LogP contribution in [0.4, 0.5) is 5.13 Å². The van der Waals surface area contributed by atoms with Gasteiger partial charge in [-0.1, -0.05) is 12.1 Å². The number of hydrogen-bond donors (Lipinski definition) is 1. The van der Waals surface area contributed by atoms with Crippen LogP contribution in [0.3, 0.4) is 0 Å². The molecule has 1 aliphatic rings. The van der Waals surface area contributed by atoms with E-state index in [1.807, 2.05) is 5.38 Å². The van der Waals surface area contributed by atoms with Crippen molar-refractivity contribution < 1.29 is 4.79 Å². The molecule has 5 rings (SSSR count). The molecule has 0 unspecified atom stereocenters. The summed E-state index contributed by atoms with van der Waals surface area (Å²) in [6.45, 7) is 0. The van der Waals surface area contributed by atoms with E-state index in [-0.39, 0.29) is 16.6 Å². The number of amides is 1. The third kappa shape index (κ3) is 3.27. The monoisotopic (exact) mass is 433 g/mol. The summed E-state index contributed by atoms with van der Waals surface area (Å²) in [5.41, 5.74) is 4.12. The Morgan fingerprint density at radius 3 is 2.74 bits per heavy atom. The second kappa shape index (κ2) is 7.28. The van der Waals surface area contributed by atoms with Gasteiger partial charge in [0, 0.05) is 31.2 Å². The van der Waals surface area contributed by atoms with Crippen molar-refractivity contribution in [3.05, 3.63) is 73.4 Å². The molecular formula is C22H19N5O3S. The number of carbonyl (C=O) groups excluding carboxylic acids is 1. The van der Waals surface area contributed by atoms with Crippen molar-refractivity contribution in [3.8, 4) is 11.3 Å². The summed E-state index contributed by atoms with van der Waals surface area (Å²) in [4.78, 5) is 45.9. The van der Waals surface area contributed by atoms with E-state index in [1.165, 1.54) is 59.8 Å². The average Bonchev–Trinajstić information content (AvgIpc) is 3.44. The van der Waals surface area contributed by atoms with Crippen LogP contribution in [0, 0.1) is 0 Å². The van der Waals surface area contributed by atoms with Crippen molar-refractivity contribution in [2.45, 2.75) is 19.3 Å². The molecule has 1 aromatic carbocycles. The topological polar surface area (TPSA) is 98.9 Å². The molecule has 0 atom stereocenters. The Hall–Kier alpha value is -3.59. The Balaban J connectivity index is 1.43. The van der Waals surface area contributed by atoms with E-state index in [1.54, 1.807) is 0 Å². The lowest BCUT2D eigenvalue weighted by molar-refractivity contribution is 0.102. The summed E-state index contributed by atoms with van der Waals surface area (Å²) >= 11 is 1.34. The Morgan fingerprint density at radius 2 is 1.90 bits per heavy atom. The molecule has 0 saturated heterocycles. The number of hydrogen-bond acceptors (Lipinski definition) is 6. The van der Waals surface area contributed by atoms with Crippen LogP contribution >= 0.6 is 11.3 Å². The number of nitrogens with zero attached hydrogens (tertiary/aromatic N) is 4. The van der Waals surface area contributed by atoms with E-state index in [2.05, 4.69) is 33.5 Å². The van der Waals surface area contributed by atoms with E-state index < -0.39 is 17.2 Å². The highest BCUT2D eigenvalue weighted by molar-refractivity contribution is 7.14. The van der Waals surface area contributed by atoms with Crippen molar-refractivity contribution in [2.75, 3.05) is 5.32 Å². The molecule has 9 heteroatoms. The minimum Gasteiger partial charge on any atom is -0.298 e. The number of anilines is 1. The fourth-order valence-electron chi connectivity index (χ4n) is 3.95. The number of fused-ring (bicyclic) bond motifs is 2. The van der Waals surface area contributed by atoms with Crippen LogP contribution in [-0.4, -0.2) is 25.0 Å². The predicted octanol–water partition coefficient (Wildman–Crippen LogP) is 2.50. The van der Waals surface area contributed by atoms with Crippen LogP contribution in [-0.2, 0) is 26.9 Å². The van der Waals surface area contributed by atoms with Gasteiger partial charge < -0.3 is 0 Å². The maximum Gasteiger partial charge on any atom is 0.332 e. The first kappa shape index (κ1) is 19.4. The summed E-state index contributed by atoms with van der Waals surface area (Å²) < 4.78 is 2.28. The fraction of sp³-hybridized carbons (Fsp3) is 0.227. The van der Waals surface area contributed by atoms with Gasteiger partial charge in [0.25, 0.3) is 11.5 Å². The number of thiazole rings is 1. The zero-order valence-corrected chi connectivity index (χ0v) is 17.8. The van der Waals surface area contributed by atoms with E-state index in [9.17, 15) is 14.4 Å². The normalized spacial score (nSPS) is 12.8. The molecule has 0 saturated carbocycles. The molecule has 0 spiro atoms. The molecule has 3 heterocycles. The maximum atomic E-state index is 12.7. The molecule has 1 N–H and O–H groups in total. The zero-order chi connectivity index (χ0) is 21.7. The lowest BCUT2D eigenvalue weighted by atomic mass is 10.1. The molecule has 3 aromatic heterocycles. The SMILES string of the molecule is Cn1c(=O)c2cc(C(=O)Nc3nc(-c4ccc5c(c4)CCC5)cs3)cnc2n(C)c1=O. The molecule has 156 valence electrons. The smallest absolute Gasteiger partial charge is 0.298 e. The van der Waals surface area contributed by atoms with Gasteiger partial charge in [0.2, 0.25) is 0 Å². The molecule has 4 aromatic rings. The van der Waals surface area contributed by atoms with E-state index in [0.717, 1.165) is 28.7 Å². The molecule has 0 aliphatic heterocycles. The highest BCUT2D eigenvalue weighted by Gasteiger charge is 2.16. The summed E-state index contributed by atoms with van der Waals surface area (Å²) in [7, 11) is 2.93. The summed E-state index contributed by atoms with van der Waals surface area (Å²) in [5, 5.41) is 5.36. The van der Waals surface area contributed by atoms with Crippen LogP contribution in [0.2, 0.25) is 0 Å². The van der Waals surface area contributed by atoms with Crippen molar-refractivity contribution in [3.63, 3.8) is 0 Å². The number of aromatic nitrogens is 4. The van der Waals surface area contributed by atoms with Gasteiger partial charge in [0.05, 0.1) is 16.6 Å². The Labute approximate surface area is 180 Å². The quantitative estimate of drug-likeness (QED) is 0.535. The van der Waals surface area contributed by atoms with Crippen molar-refractivity contribution in [2.24, 2.45) is 14.1 Å². The third-order valence-corrected chi connectivity index (χ3v) is 6.43. The Kier molecular flexibility index (Phi) is 4.55. The fourth-order valence-corrected chi connectivity index (χ4v) is 4.67. The maximum absolute atomic E-state index is 12.7. The van der Waals surface area contributed by atoms with Gasteiger partial charge in [-0.2, -0.15) is 0 Å². The third-order valence-electron chi connectivity index (χ3n) is 5.67. The van der Waals surface area contributed by atoms with Crippen LogP contribution in [0.25, 0.3) is 22.3 Å². The van der Waals surface area contributed by atoms with Crippen LogP contribution in [0.15, 0.2) is 45.4 Å². The number of rotatable bonds is 3. The van der Waals surface area contributed by atoms with Crippen LogP contribution in [0.1, 0.15) is 27.9 Å². The first-order valence-corrected chi connectivity index (χ1v) is 10.7. The first-order valence-electron chi connectivity index (χ1n) is 9.87. The first-order chi connectivity index (χ1) is 14.9. The average molecular weight is 433 g/mol. The van der Waals surface area contributed by atoms with Gasteiger partial charge in [-0.15, -0.1) is 11.3 Å². The predicted molar refractivity (Wildman–Crippen MR) is 120 cm³/mol. The molecule has 1 aliphatic carbocycles. The highest BCUT2D eigenvalue weighted by atomic mass is 32.1. The largest absolute Gasteiger partial charge is 0.332 e. The van der Waals surface area contributed by atoms with E-state index in [4.69, 9.17) is 0 Å². The van der Waals surface area contributed by atoms with Crippen LogP contribution < -0.4 is 16.6 Å². The number of carbonyl (C=O) groups is 1.